The summed E-state index contributed by atoms with van der Waals surface area (Å²) in [5.74, 6) is 6.16. The predicted molar refractivity (Wildman–Crippen MR) is 50.7 cm³/mol. The Hall–Kier alpha value is -0.770. The van der Waals surface area contributed by atoms with Crippen LogP contribution in [0.5, 0.6) is 0 Å². The quantitative estimate of drug-likeness (QED) is 0.271. The fourth-order valence-corrected chi connectivity index (χ4v) is 1.11. The molecule has 0 aromatic carbocycles. The largest absolute Gasteiger partial charge is 0.342 e. The Kier molecular flexibility index (Phi) is 2.92. The van der Waals surface area contributed by atoms with Gasteiger partial charge in [0.2, 0.25) is 5.96 Å². The highest BCUT2D eigenvalue weighted by atomic mass is 15.4. The van der Waals surface area contributed by atoms with Crippen LogP contribution in [0.2, 0.25) is 0 Å². The fraction of sp³-hybridized carbons (Fsp3) is 0.875. The molecule has 1 aliphatic rings. The Balaban J connectivity index is 2.53. The zero-order valence-corrected chi connectivity index (χ0v) is 8.04. The predicted octanol–water partition coefficient (Wildman–Crippen LogP) is 0.308. The molecule has 0 bridgehead atoms. The van der Waals surface area contributed by atoms with E-state index in [1.807, 2.05) is 20.9 Å². The zero-order chi connectivity index (χ0) is 9.14. The van der Waals surface area contributed by atoms with Gasteiger partial charge in [0.15, 0.2) is 0 Å². The Bertz CT molecular complexity index is 172. The van der Waals surface area contributed by atoms with Gasteiger partial charge in [0.1, 0.15) is 0 Å². The van der Waals surface area contributed by atoms with Crippen LogP contribution in [-0.4, -0.2) is 30.0 Å². The van der Waals surface area contributed by atoms with Gasteiger partial charge in [-0.3, -0.25) is 5.43 Å². The van der Waals surface area contributed by atoms with Gasteiger partial charge in [-0.1, -0.05) is 0 Å². The third kappa shape index (κ3) is 2.37. The SMILES string of the molecule is CC(C)N=C(NN)N(C)C1CC1. The molecule has 1 rings (SSSR count). The molecule has 0 atom stereocenters. The normalized spacial score (nSPS) is 18.2. The molecule has 0 saturated heterocycles. The van der Waals surface area contributed by atoms with Crippen molar-refractivity contribution < 1.29 is 0 Å². The van der Waals surface area contributed by atoms with E-state index in [1.165, 1.54) is 12.8 Å². The van der Waals surface area contributed by atoms with Crippen LogP contribution in [0.3, 0.4) is 0 Å². The monoisotopic (exact) mass is 170 g/mol. The smallest absolute Gasteiger partial charge is 0.208 e. The summed E-state index contributed by atoms with van der Waals surface area (Å²) >= 11 is 0. The van der Waals surface area contributed by atoms with Crippen molar-refractivity contribution in [2.45, 2.75) is 38.8 Å². The van der Waals surface area contributed by atoms with Gasteiger partial charge in [0, 0.05) is 19.1 Å². The molecule has 0 heterocycles. The second-order valence-electron chi connectivity index (χ2n) is 3.53. The van der Waals surface area contributed by atoms with E-state index in [1.54, 1.807) is 0 Å². The van der Waals surface area contributed by atoms with Crippen LogP contribution in [0, 0.1) is 0 Å². The van der Waals surface area contributed by atoms with Crippen molar-refractivity contribution in [2.24, 2.45) is 10.8 Å². The van der Waals surface area contributed by atoms with Crippen molar-refractivity contribution in [1.29, 1.82) is 0 Å². The van der Waals surface area contributed by atoms with E-state index in [0.29, 0.717) is 6.04 Å². The number of hydrogen-bond donors (Lipinski definition) is 2. The molecule has 0 radical (unpaired) electrons. The molecule has 0 spiro atoms. The van der Waals surface area contributed by atoms with E-state index >= 15 is 0 Å². The Morgan fingerprint density at radius 3 is 2.50 bits per heavy atom. The van der Waals surface area contributed by atoms with E-state index in [9.17, 15) is 0 Å². The topological polar surface area (TPSA) is 53.6 Å². The van der Waals surface area contributed by atoms with Crippen LogP contribution in [0.15, 0.2) is 4.99 Å². The lowest BCUT2D eigenvalue weighted by atomic mass is 10.4. The summed E-state index contributed by atoms with van der Waals surface area (Å²) in [5, 5.41) is 0. The molecule has 0 aromatic heterocycles. The van der Waals surface area contributed by atoms with E-state index in [4.69, 9.17) is 5.84 Å². The first kappa shape index (κ1) is 9.32. The molecule has 1 aliphatic carbocycles. The summed E-state index contributed by atoms with van der Waals surface area (Å²) in [7, 11) is 2.03. The van der Waals surface area contributed by atoms with E-state index in [2.05, 4.69) is 15.3 Å². The van der Waals surface area contributed by atoms with Crippen LogP contribution in [0.25, 0.3) is 0 Å². The second kappa shape index (κ2) is 3.76. The molecule has 4 nitrogen and oxygen atoms in total. The lowest BCUT2D eigenvalue weighted by Crippen LogP contribution is -2.44. The van der Waals surface area contributed by atoms with Crippen LogP contribution in [0.1, 0.15) is 26.7 Å². The molecule has 1 saturated carbocycles. The van der Waals surface area contributed by atoms with E-state index in [-0.39, 0.29) is 6.04 Å². The molecule has 70 valence electrons. The van der Waals surface area contributed by atoms with Gasteiger partial charge < -0.3 is 4.90 Å². The molecular formula is C8H18N4. The van der Waals surface area contributed by atoms with Crippen LogP contribution >= 0.6 is 0 Å². The van der Waals surface area contributed by atoms with Gasteiger partial charge in [-0.05, 0) is 26.7 Å². The van der Waals surface area contributed by atoms with Crippen LogP contribution in [-0.2, 0) is 0 Å². The third-order valence-corrected chi connectivity index (χ3v) is 1.94. The Morgan fingerprint density at radius 2 is 2.17 bits per heavy atom. The molecule has 0 aliphatic heterocycles. The molecular weight excluding hydrogens is 152 g/mol. The number of guanidine groups is 1. The van der Waals surface area contributed by atoms with Gasteiger partial charge in [-0.25, -0.2) is 10.8 Å². The number of nitrogens with zero attached hydrogens (tertiary/aromatic N) is 2. The zero-order valence-electron chi connectivity index (χ0n) is 8.04. The first-order chi connectivity index (χ1) is 5.65. The van der Waals surface area contributed by atoms with Gasteiger partial charge in [-0.2, -0.15) is 0 Å². The molecule has 0 unspecified atom stereocenters. The number of hydrogen-bond acceptors (Lipinski definition) is 2. The fourth-order valence-electron chi connectivity index (χ4n) is 1.11. The van der Waals surface area contributed by atoms with Crippen LogP contribution in [0.4, 0.5) is 0 Å². The maximum atomic E-state index is 5.37. The molecule has 12 heavy (non-hydrogen) atoms. The Morgan fingerprint density at radius 1 is 1.58 bits per heavy atom. The maximum Gasteiger partial charge on any atom is 0.208 e. The third-order valence-electron chi connectivity index (χ3n) is 1.94. The summed E-state index contributed by atoms with van der Waals surface area (Å²) in [4.78, 5) is 6.47. The van der Waals surface area contributed by atoms with E-state index in [0.717, 1.165) is 5.96 Å². The first-order valence-corrected chi connectivity index (χ1v) is 4.42. The van der Waals surface area contributed by atoms with E-state index < -0.39 is 0 Å². The first-order valence-electron chi connectivity index (χ1n) is 4.42. The summed E-state index contributed by atoms with van der Waals surface area (Å²) in [6.07, 6.45) is 2.52. The minimum atomic E-state index is 0.289. The van der Waals surface area contributed by atoms with Gasteiger partial charge >= 0.3 is 0 Å². The second-order valence-corrected chi connectivity index (χ2v) is 3.53. The lowest BCUT2D eigenvalue weighted by molar-refractivity contribution is 0.470. The highest BCUT2D eigenvalue weighted by Gasteiger charge is 2.28. The summed E-state index contributed by atoms with van der Waals surface area (Å²) in [5.41, 5.74) is 2.63. The van der Waals surface area contributed by atoms with Gasteiger partial charge in [0.25, 0.3) is 0 Å². The minimum absolute atomic E-state index is 0.289. The number of nitrogens with one attached hydrogen (secondary N) is 1. The summed E-state index contributed by atoms with van der Waals surface area (Å²) < 4.78 is 0. The minimum Gasteiger partial charge on any atom is -0.342 e. The average molecular weight is 170 g/mol. The van der Waals surface area contributed by atoms with Crippen molar-refractivity contribution in [3.05, 3.63) is 0 Å². The number of aliphatic imine (C=N–C) groups is 1. The molecule has 0 aromatic rings. The van der Waals surface area contributed by atoms with Crippen molar-refractivity contribution >= 4 is 5.96 Å². The molecule has 1 fully saturated rings. The Labute approximate surface area is 73.8 Å². The summed E-state index contributed by atoms with van der Waals surface area (Å²) in [6.45, 7) is 4.08. The van der Waals surface area contributed by atoms with Crippen molar-refractivity contribution in [3.63, 3.8) is 0 Å². The van der Waals surface area contributed by atoms with Gasteiger partial charge in [-0.15, -0.1) is 0 Å². The number of nitrogens with two attached hydrogens (primary N) is 1. The standard InChI is InChI=1S/C8H18N4/c1-6(2)10-8(11-9)12(3)7-4-5-7/h6-7H,4-5,9H2,1-3H3,(H,10,11). The van der Waals surface area contributed by atoms with Crippen molar-refractivity contribution in [3.8, 4) is 0 Å². The lowest BCUT2D eigenvalue weighted by Gasteiger charge is -2.20. The number of hydrazine groups is 1. The van der Waals surface area contributed by atoms with Crippen molar-refractivity contribution in [2.75, 3.05) is 7.05 Å². The van der Waals surface area contributed by atoms with Crippen molar-refractivity contribution in [1.82, 2.24) is 10.3 Å². The molecule has 4 heteroatoms. The summed E-state index contributed by atoms with van der Waals surface area (Å²) in [6, 6.07) is 0.941. The average Bonchev–Trinajstić information content (AvgIpc) is 2.80. The molecule has 0 amide bonds. The number of rotatable bonds is 2. The highest BCUT2D eigenvalue weighted by molar-refractivity contribution is 5.79. The molecule has 3 N–H and O–H groups in total. The maximum absolute atomic E-state index is 5.37. The van der Waals surface area contributed by atoms with Crippen LogP contribution < -0.4 is 11.3 Å². The highest BCUT2D eigenvalue weighted by Crippen LogP contribution is 2.25. The van der Waals surface area contributed by atoms with Gasteiger partial charge in [0.05, 0.1) is 0 Å².